The number of aryl methyl sites for hydroxylation is 1. The topological polar surface area (TPSA) is 101 Å². The van der Waals surface area contributed by atoms with Crippen LogP contribution in [-0.2, 0) is 17.8 Å². The maximum atomic E-state index is 13.2. The summed E-state index contributed by atoms with van der Waals surface area (Å²) in [5, 5.41) is 12.4. The van der Waals surface area contributed by atoms with Gasteiger partial charge in [0.1, 0.15) is 16.8 Å². The fraction of sp³-hybridized carbons (Fsp3) is 0.250. The maximum Gasteiger partial charge on any atom is 0.267 e. The molecular formula is C24H24ClN5O3. The van der Waals surface area contributed by atoms with E-state index in [0.717, 1.165) is 5.56 Å². The van der Waals surface area contributed by atoms with Crippen LogP contribution in [0.3, 0.4) is 0 Å². The number of rotatable bonds is 8. The fourth-order valence-corrected chi connectivity index (χ4v) is 3.86. The summed E-state index contributed by atoms with van der Waals surface area (Å²) in [7, 11) is 0. The molecule has 0 unspecified atom stereocenters. The second kappa shape index (κ2) is 9.97. The molecule has 0 aliphatic heterocycles. The summed E-state index contributed by atoms with van der Waals surface area (Å²) >= 11 is 6.19. The van der Waals surface area contributed by atoms with Gasteiger partial charge in [-0.25, -0.2) is 4.98 Å². The normalized spacial score (nSPS) is 11.2. The van der Waals surface area contributed by atoms with Crippen LogP contribution in [0, 0.1) is 5.41 Å². The first-order chi connectivity index (χ1) is 16.0. The summed E-state index contributed by atoms with van der Waals surface area (Å²) in [5.74, 6) is -0.460. The third-order valence-corrected chi connectivity index (χ3v) is 5.70. The molecular weight excluding hydrogens is 442 g/mol. The molecule has 170 valence electrons. The molecule has 4 rings (SSSR count). The highest BCUT2D eigenvalue weighted by molar-refractivity contribution is 6.31. The number of carbonyl (C=O) groups excluding carboxylic acids is 1. The van der Waals surface area contributed by atoms with E-state index in [1.807, 2.05) is 25.1 Å². The summed E-state index contributed by atoms with van der Waals surface area (Å²) in [6.45, 7) is 3.59. The van der Waals surface area contributed by atoms with Crippen molar-refractivity contribution in [3.63, 3.8) is 0 Å². The molecule has 4 aromatic rings. The zero-order valence-corrected chi connectivity index (χ0v) is 18.9. The summed E-state index contributed by atoms with van der Waals surface area (Å²) in [6, 6.07) is 13.9. The number of fused-ring (bicyclic) bond motifs is 2. The third-order valence-electron chi connectivity index (χ3n) is 5.33. The zero-order chi connectivity index (χ0) is 23.4. The van der Waals surface area contributed by atoms with Gasteiger partial charge in [0.25, 0.3) is 11.5 Å². The molecule has 1 aromatic carbocycles. The molecule has 2 N–H and O–H groups in total. The first kappa shape index (κ1) is 22.7. The Labute approximate surface area is 194 Å². The van der Waals surface area contributed by atoms with Gasteiger partial charge in [0.2, 0.25) is 0 Å². The SMILES string of the molecule is CCOCCCn1c(=N)c(C(=O)NCc2ccccc2Cl)cc2c(=O)n3ccccc3nc21. The standard InChI is InChI=1S/C24H24ClN5O3/c1-2-33-13-7-12-30-21(26)17(23(31)27-15-16-8-3-4-9-19(16)25)14-18-22(30)28-20-10-5-6-11-29(20)24(18)32/h3-6,8-11,14,26H,2,7,12-13,15H2,1H3,(H,27,31). The molecule has 0 saturated carbocycles. The summed E-state index contributed by atoms with van der Waals surface area (Å²) in [6.07, 6.45) is 2.25. The van der Waals surface area contributed by atoms with Gasteiger partial charge in [0.05, 0.1) is 10.9 Å². The van der Waals surface area contributed by atoms with Crippen molar-refractivity contribution >= 4 is 34.2 Å². The van der Waals surface area contributed by atoms with Gasteiger partial charge in [-0.3, -0.25) is 19.4 Å². The van der Waals surface area contributed by atoms with E-state index in [2.05, 4.69) is 10.3 Å². The number of benzene rings is 1. The number of nitrogens with zero attached hydrogens (tertiary/aromatic N) is 3. The van der Waals surface area contributed by atoms with Crippen molar-refractivity contribution < 1.29 is 9.53 Å². The molecule has 0 aliphatic rings. The lowest BCUT2D eigenvalue weighted by Gasteiger charge is -2.15. The molecule has 0 radical (unpaired) electrons. The molecule has 0 bridgehead atoms. The number of nitrogens with one attached hydrogen (secondary N) is 2. The predicted octanol–water partition coefficient (Wildman–Crippen LogP) is 3.14. The molecule has 8 nitrogen and oxygen atoms in total. The number of amides is 1. The minimum absolute atomic E-state index is 0.0113. The van der Waals surface area contributed by atoms with E-state index < -0.39 is 5.91 Å². The average Bonchev–Trinajstić information content (AvgIpc) is 2.82. The van der Waals surface area contributed by atoms with Crippen LogP contribution in [0.2, 0.25) is 5.02 Å². The lowest BCUT2D eigenvalue weighted by Crippen LogP contribution is -2.35. The minimum atomic E-state index is -0.460. The number of hydrogen-bond acceptors (Lipinski definition) is 5. The van der Waals surface area contributed by atoms with Crippen molar-refractivity contribution in [2.24, 2.45) is 0 Å². The van der Waals surface area contributed by atoms with Crippen molar-refractivity contribution in [3.05, 3.63) is 86.7 Å². The summed E-state index contributed by atoms with van der Waals surface area (Å²) in [4.78, 5) is 30.9. The first-order valence-electron chi connectivity index (χ1n) is 10.7. The van der Waals surface area contributed by atoms with Crippen LogP contribution in [0.1, 0.15) is 29.3 Å². The van der Waals surface area contributed by atoms with Gasteiger partial charge in [-0.1, -0.05) is 35.9 Å². The van der Waals surface area contributed by atoms with Crippen LogP contribution in [-0.4, -0.2) is 33.1 Å². The van der Waals surface area contributed by atoms with Crippen LogP contribution < -0.4 is 16.4 Å². The summed E-state index contributed by atoms with van der Waals surface area (Å²) in [5.41, 5.74) is 1.40. The van der Waals surface area contributed by atoms with E-state index in [-0.39, 0.29) is 28.5 Å². The number of hydrogen-bond donors (Lipinski definition) is 2. The van der Waals surface area contributed by atoms with Crippen LogP contribution >= 0.6 is 11.6 Å². The minimum Gasteiger partial charge on any atom is -0.382 e. The second-order valence-corrected chi connectivity index (χ2v) is 7.87. The molecule has 3 heterocycles. The van der Waals surface area contributed by atoms with E-state index in [4.69, 9.17) is 21.7 Å². The van der Waals surface area contributed by atoms with Gasteiger partial charge >= 0.3 is 0 Å². The van der Waals surface area contributed by atoms with Crippen LogP contribution in [0.15, 0.2) is 59.5 Å². The quantitative estimate of drug-likeness (QED) is 0.308. The van der Waals surface area contributed by atoms with Gasteiger partial charge in [0.15, 0.2) is 0 Å². The van der Waals surface area contributed by atoms with E-state index in [0.29, 0.717) is 42.5 Å². The Kier molecular flexibility index (Phi) is 6.86. The summed E-state index contributed by atoms with van der Waals surface area (Å²) < 4.78 is 8.46. The predicted molar refractivity (Wildman–Crippen MR) is 127 cm³/mol. The number of pyridine rings is 2. The van der Waals surface area contributed by atoms with E-state index in [1.54, 1.807) is 35.0 Å². The van der Waals surface area contributed by atoms with Gasteiger partial charge < -0.3 is 14.6 Å². The first-order valence-corrected chi connectivity index (χ1v) is 11.1. The monoisotopic (exact) mass is 465 g/mol. The highest BCUT2D eigenvalue weighted by Crippen LogP contribution is 2.15. The Morgan fingerprint density at radius 1 is 1.21 bits per heavy atom. The number of aromatic nitrogens is 3. The molecule has 9 heteroatoms. The molecule has 33 heavy (non-hydrogen) atoms. The fourth-order valence-electron chi connectivity index (χ4n) is 3.66. The van der Waals surface area contributed by atoms with Crippen LogP contribution in [0.4, 0.5) is 0 Å². The average molecular weight is 466 g/mol. The number of carbonyl (C=O) groups is 1. The second-order valence-electron chi connectivity index (χ2n) is 7.47. The smallest absolute Gasteiger partial charge is 0.267 e. The van der Waals surface area contributed by atoms with Crippen molar-refractivity contribution in [2.75, 3.05) is 13.2 Å². The van der Waals surface area contributed by atoms with Crippen LogP contribution in [0.25, 0.3) is 16.7 Å². The zero-order valence-electron chi connectivity index (χ0n) is 18.2. The highest BCUT2D eigenvalue weighted by Gasteiger charge is 2.17. The van der Waals surface area contributed by atoms with Crippen molar-refractivity contribution in [1.82, 2.24) is 19.3 Å². The van der Waals surface area contributed by atoms with Gasteiger partial charge in [-0.2, -0.15) is 0 Å². The van der Waals surface area contributed by atoms with Gasteiger partial charge in [-0.15, -0.1) is 0 Å². The number of ether oxygens (including phenoxy) is 1. The third kappa shape index (κ3) is 4.67. The molecule has 0 spiro atoms. The molecule has 0 saturated heterocycles. The van der Waals surface area contributed by atoms with Crippen molar-refractivity contribution in [1.29, 1.82) is 5.41 Å². The van der Waals surface area contributed by atoms with E-state index in [9.17, 15) is 9.59 Å². The van der Waals surface area contributed by atoms with Crippen molar-refractivity contribution in [2.45, 2.75) is 26.4 Å². The largest absolute Gasteiger partial charge is 0.382 e. The molecule has 1 amide bonds. The van der Waals surface area contributed by atoms with Gasteiger partial charge in [0, 0.05) is 37.5 Å². The van der Waals surface area contributed by atoms with E-state index in [1.165, 1.54) is 10.5 Å². The molecule has 0 atom stereocenters. The Balaban J connectivity index is 1.79. The molecule has 0 fully saturated rings. The lowest BCUT2D eigenvalue weighted by molar-refractivity contribution is 0.0948. The van der Waals surface area contributed by atoms with E-state index >= 15 is 0 Å². The Morgan fingerprint density at radius 3 is 2.79 bits per heavy atom. The Morgan fingerprint density at radius 2 is 2.00 bits per heavy atom. The Bertz CT molecular complexity index is 1440. The lowest BCUT2D eigenvalue weighted by atomic mass is 10.1. The highest BCUT2D eigenvalue weighted by atomic mass is 35.5. The molecule has 3 aromatic heterocycles. The van der Waals surface area contributed by atoms with Crippen molar-refractivity contribution in [3.8, 4) is 0 Å². The maximum absolute atomic E-state index is 13.2. The van der Waals surface area contributed by atoms with Gasteiger partial charge in [-0.05, 0) is 43.2 Å². The molecule has 0 aliphatic carbocycles. The Hall–Kier alpha value is -3.49. The number of halogens is 1. The van der Waals surface area contributed by atoms with Crippen LogP contribution in [0.5, 0.6) is 0 Å².